The Balaban J connectivity index is 2.53. The molecule has 1 aliphatic rings. The first-order valence-corrected chi connectivity index (χ1v) is 4.48. The highest BCUT2D eigenvalue weighted by Gasteiger charge is 2.34. The number of amides is 1. The molecule has 0 spiro atoms. The van der Waals surface area contributed by atoms with Gasteiger partial charge in [0, 0.05) is 18.8 Å². The summed E-state index contributed by atoms with van der Waals surface area (Å²) in [5.74, 6) is 1.00. The zero-order valence-corrected chi connectivity index (χ0v) is 7.82. The number of fused-ring (bicyclic) bond motifs is 1. The number of carbonyl (C=O) groups excluding carboxylic acids is 1. The Morgan fingerprint density at radius 3 is 3.08 bits per heavy atom. The van der Waals surface area contributed by atoms with E-state index >= 15 is 0 Å². The maximum absolute atomic E-state index is 11.7. The molecule has 68 valence electrons. The van der Waals surface area contributed by atoms with E-state index in [1.165, 1.54) is 0 Å². The van der Waals surface area contributed by atoms with Crippen molar-refractivity contribution in [1.29, 1.82) is 0 Å². The van der Waals surface area contributed by atoms with Gasteiger partial charge in [0.15, 0.2) is 0 Å². The molecule has 0 N–H and O–H groups in total. The van der Waals surface area contributed by atoms with Crippen molar-refractivity contribution in [1.82, 2.24) is 4.98 Å². The summed E-state index contributed by atoms with van der Waals surface area (Å²) in [5, 5.41) is 0. The third-order valence-electron chi connectivity index (χ3n) is 2.55. The van der Waals surface area contributed by atoms with Gasteiger partial charge in [0.1, 0.15) is 5.82 Å². The molecule has 0 radical (unpaired) electrons. The fraction of sp³-hybridized carbons (Fsp3) is 0.400. The largest absolute Gasteiger partial charge is 0.299 e. The van der Waals surface area contributed by atoms with Gasteiger partial charge in [-0.3, -0.25) is 9.69 Å². The molecule has 0 saturated carbocycles. The Morgan fingerprint density at radius 2 is 2.38 bits per heavy atom. The molecule has 1 aromatic rings. The SMILES string of the molecule is CC[C@@H]1C(=O)N(C)c2ncccc21. The average molecular weight is 176 g/mol. The summed E-state index contributed by atoms with van der Waals surface area (Å²) in [6.45, 7) is 2.03. The van der Waals surface area contributed by atoms with Gasteiger partial charge in [0.2, 0.25) is 5.91 Å². The molecule has 3 heteroatoms. The minimum absolute atomic E-state index is 0.0219. The van der Waals surface area contributed by atoms with Crippen LogP contribution in [0.15, 0.2) is 18.3 Å². The first kappa shape index (κ1) is 8.23. The van der Waals surface area contributed by atoms with Crippen LogP contribution in [0.2, 0.25) is 0 Å². The van der Waals surface area contributed by atoms with Crippen LogP contribution in [0, 0.1) is 0 Å². The highest BCUT2D eigenvalue weighted by Crippen LogP contribution is 2.35. The van der Waals surface area contributed by atoms with Crippen LogP contribution in [0.4, 0.5) is 5.82 Å². The number of aromatic nitrogens is 1. The van der Waals surface area contributed by atoms with Gasteiger partial charge in [-0.1, -0.05) is 13.0 Å². The number of carbonyl (C=O) groups is 1. The zero-order valence-electron chi connectivity index (χ0n) is 7.82. The topological polar surface area (TPSA) is 33.2 Å². The Labute approximate surface area is 77.4 Å². The first-order chi connectivity index (χ1) is 6.25. The molecule has 0 bridgehead atoms. The van der Waals surface area contributed by atoms with Crippen molar-refractivity contribution in [3.63, 3.8) is 0 Å². The van der Waals surface area contributed by atoms with Gasteiger partial charge in [0.25, 0.3) is 0 Å². The molecular formula is C10H12N2O. The summed E-state index contributed by atoms with van der Waals surface area (Å²) < 4.78 is 0. The molecule has 0 unspecified atom stereocenters. The molecule has 2 rings (SSSR count). The second-order valence-electron chi connectivity index (χ2n) is 3.27. The third kappa shape index (κ3) is 1.03. The molecule has 0 aromatic carbocycles. The van der Waals surface area contributed by atoms with Crippen molar-refractivity contribution in [2.24, 2.45) is 0 Å². The lowest BCUT2D eigenvalue weighted by molar-refractivity contribution is -0.119. The molecule has 13 heavy (non-hydrogen) atoms. The Kier molecular flexibility index (Phi) is 1.79. The molecule has 0 aliphatic carbocycles. The monoisotopic (exact) mass is 176 g/mol. The van der Waals surface area contributed by atoms with Gasteiger partial charge in [-0.05, 0) is 12.5 Å². The van der Waals surface area contributed by atoms with Crippen LogP contribution in [0.1, 0.15) is 24.8 Å². The van der Waals surface area contributed by atoms with Crippen molar-refractivity contribution < 1.29 is 4.79 Å². The highest BCUT2D eigenvalue weighted by atomic mass is 16.2. The molecule has 1 aromatic heterocycles. The second-order valence-corrected chi connectivity index (χ2v) is 3.27. The maximum Gasteiger partial charge on any atom is 0.235 e. The first-order valence-electron chi connectivity index (χ1n) is 4.48. The molecule has 0 saturated heterocycles. The van der Waals surface area contributed by atoms with Gasteiger partial charge < -0.3 is 0 Å². The van der Waals surface area contributed by atoms with E-state index < -0.39 is 0 Å². The minimum Gasteiger partial charge on any atom is -0.299 e. The van der Waals surface area contributed by atoms with Crippen LogP contribution in [-0.2, 0) is 4.79 Å². The fourth-order valence-electron chi connectivity index (χ4n) is 1.83. The van der Waals surface area contributed by atoms with E-state index in [1.807, 2.05) is 19.1 Å². The van der Waals surface area contributed by atoms with Crippen LogP contribution in [0.3, 0.4) is 0 Å². The molecule has 1 aliphatic heterocycles. The summed E-state index contributed by atoms with van der Waals surface area (Å²) in [6.07, 6.45) is 2.57. The Bertz CT molecular complexity index is 349. The van der Waals surface area contributed by atoms with Crippen molar-refractivity contribution in [3.05, 3.63) is 23.9 Å². The van der Waals surface area contributed by atoms with E-state index in [-0.39, 0.29) is 11.8 Å². The van der Waals surface area contributed by atoms with Crippen LogP contribution in [0.5, 0.6) is 0 Å². The smallest absolute Gasteiger partial charge is 0.235 e. The van der Waals surface area contributed by atoms with Crippen LogP contribution < -0.4 is 4.90 Å². The second kappa shape index (κ2) is 2.83. The van der Waals surface area contributed by atoms with Gasteiger partial charge >= 0.3 is 0 Å². The van der Waals surface area contributed by atoms with Crippen molar-refractivity contribution in [3.8, 4) is 0 Å². The number of likely N-dealkylation sites (N-methyl/N-ethyl adjacent to an activating group) is 1. The predicted octanol–water partition coefficient (Wildman–Crippen LogP) is 1.55. The van der Waals surface area contributed by atoms with Gasteiger partial charge in [-0.25, -0.2) is 4.98 Å². The van der Waals surface area contributed by atoms with E-state index in [0.717, 1.165) is 17.8 Å². The number of hydrogen-bond donors (Lipinski definition) is 0. The summed E-state index contributed by atoms with van der Waals surface area (Å²) in [4.78, 5) is 17.5. The Morgan fingerprint density at radius 1 is 1.62 bits per heavy atom. The average Bonchev–Trinajstić information content (AvgIpc) is 2.41. The zero-order chi connectivity index (χ0) is 9.42. The normalized spacial score (nSPS) is 20.6. The number of rotatable bonds is 1. The van der Waals surface area contributed by atoms with E-state index in [1.54, 1.807) is 18.1 Å². The third-order valence-corrected chi connectivity index (χ3v) is 2.55. The lowest BCUT2D eigenvalue weighted by Gasteiger charge is -2.08. The molecule has 3 nitrogen and oxygen atoms in total. The van der Waals surface area contributed by atoms with Crippen molar-refractivity contribution in [2.45, 2.75) is 19.3 Å². The van der Waals surface area contributed by atoms with Gasteiger partial charge in [0.05, 0.1) is 5.92 Å². The maximum atomic E-state index is 11.7. The molecule has 1 amide bonds. The highest BCUT2D eigenvalue weighted by molar-refractivity contribution is 6.03. The van der Waals surface area contributed by atoms with E-state index in [4.69, 9.17) is 0 Å². The predicted molar refractivity (Wildman–Crippen MR) is 50.7 cm³/mol. The summed E-state index contributed by atoms with van der Waals surface area (Å²) in [5.41, 5.74) is 1.07. The van der Waals surface area contributed by atoms with Crippen molar-refractivity contribution in [2.75, 3.05) is 11.9 Å². The summed E-state index contributed by atoms with van der Waals surface area (Å²) in [6, 6.07) is 3.87. The molecule has 1 atom stereocenters. The lowest BCUT2D eigenvalue weighted by atomic mass is 10.0. The summed E-state index contributed by atoms with van der Waals surface area (Å²) >= 11 is 0. The van der Waals surface area contributed by atoms with Crippen LogP contribution in [0.25, 0.3) is 0 Å². The number of pyridine rings is 1. The van der Waals surface area contributed by atoms with E-state index in [0.29, 0.717) is 0 Å². The number of nitrogens with zero attached hydrogens (tertiary/aromatic N) is 2. The molecular weight excluding hydrogens is 164 g/mol. The lowest BCUT2D eigenvalue weighted by Crippen LogP contribution is -2.24. The van der Waals surface area contributed by atoms with Crippen LogP contribution in [-0.4, -0.2) is 17.9 Å². The Hall–Kier alpha value is -1.38. The molecule has 2 heterocycles. The van der Waals surface area contributed by atoms with Crippen LogP contribution >= 0.6 is 0 Å². The minimum atomic E-state index is 0.0219. The van der Waals surface area contributed by atoms with Gasteiger partial charge in [-0.15, -0.1) is 0 Å². The molecule has 0 fully saturated rings. The van der Waals surface area contributed by atoms with E-state index in [9.17, 15) is 4.79 Å². The fourth-order valence-corrected chi connectivity index (χ4v) is 1.83. The van der Waals surface area contributed by atoms with Gasteiger partial charge in [-0.2, -0.15) is 0 Å². The van der Waals surface area contributed by atoms with Crippen molar-refractivity contribution >= 4 is 11.7 Å². The van der Waals surface area contributed by atoms with E-state index in [2.05, 4.69) is 4.98 Å². The quantitative estimate of drug-likeness (QED) is 0.650. The summed E-state index contributed by atoms with van der Waals surface area (Å²) in [7, 11) is 1.78. The number of hydrogen-bond acceptors (Lipinski definition) is 2. The number of anilines is 1. The standard InChI is InChI=1S/C10H12N2O/c1-3-7-8-5-4-6-11-9(8)12(2)10(7)13/h4-7H,3H2,1-2H3/t7-/m0/s1.